The van der Waals surface area contributed by atoms with E-state index in [-0.39, 0.29) is 18.0 Å². The van der Waals surface area contributed by atoms with Crippen molar-refractivity contribution in [2.45, 2.75) is 20.4 Å². The van der Waals surface area contributed by atoms with Crippen LogP contribution in [0.3, 0.4) is 0 Å². The van der Waals surface area contributed by atoms with Gasteiger partial charge in [0.15, 0.2) is 0 Å². The minimum atomic E-state index is -0.603. The van der Waals surface area contributed by atoms with E-state index in [1.807, 2.05) is 44.2 Å². The van der Waals surface area contributed by atoms with Gasteiger partial charge in [0, 0.05) is 18.3 Å². The highest BCUT2D eigenvalue weighted by Crippen LogP contribution is 2.24. The Balaban J connectivity index is 1.99. The molecule has 0 unspecified atom stereocenters. The van der Waals surface area contributed by atoms with Crippen LogP contribution in [0, 0.1) is 5.92 Å². The molecule has 0 aliphatic heterocycles. The molecule has 25 heavy (non-hydrogen) atoms. The number of hydrogen-bond donors (Lipinski definition) is 3. The highest BCUT2D eigenvalue weighted by molar-refractivity contribution is 5.91. The van der Waals surface area contributed by atoms with Crippen LogP contribution < -0.4 is 16.6 Å². The summed E-state index contributed by atoms with van der Waals surface area (Å²) in [5.74, 6) is -0.0752. The molecule has 7 heteroatoms. The average Bonchev–Trinajstić information content (AvgIpc) is 3.01. The van der Waals surface area contributed by atoms with Crippen molar-refractivity contribution in [2.75, 3.05) is 6.54 Å². The highest BCUT2D eigenvalue weighted by atomic mass is 16.2. The van der Waals surface area contributed by atoms with Crippen LogP contribution in [0.15, 0.2) is 46.1 Å². The van der Waals surface area contributed by atoms with Gasteiger partial charge < -0.3 is 15.3 Å². The number of aromatic amines is 2. The second-order valence-electron chi connectivity index (χ2n) is 6.34. The number of nitrogens with zero attached hydrogens (tertiary/aromatic N) is 1. The molecule has 0 atom stereocenters. The third-order valence-electron chi connectivity index (χ3n) is 3.91. The van der Waals surface area contributed by atoms with Gasteiger partial charge >= 0.3 is 5.69 Å². The van der Waals surface area contributed by atoms with Gasteiger partial charge in [-0.15, -0.1) is 0 Å². The minimum Gasteiger partial charge on any atom is -0.355 e. The number of fused-ring (bicyclic) bond motifs is 1. The van der Waals surface area contributed by atoms with E-state index >= 15 is 0 Å². The Morgan fingerprint density at radius 3 is 2.56 bits per heavy atom. The van der Waals surface area contributed by atoms with Gasteiger partial charge in [0.25, 0.3) is 5.56 Å². The molecule has 3 rings (SSSR count). The van der Waals surface area contributed by atoms with E-state index < -0.39 is 11.2 Å². The first-order valence-electron chi connectivity index (χ1n) is 8.13. The van der Waals surface area contributed by atoms with Gasteiger partial charge in [-0.2, -0.15) is 0 Å². The standard InChI is InChI=1S/C18H20N4O3/c1-11(2)8-19-14(23)10-22-17(24)16-15(21-18(22)25)13(9-20-16)12-6-4-3-5-7-12/h3-7,9,11,20H,8,10H2,1-2H3,(H,19,23)(H,21,25). The molecule has 3 aromatic rings. The largest absolute Gasteiger partial charge is 0.355 e. The quantitative estimate of drug-likeness (QED) is 0.655. The minimum absolute atomic E-state index is 0.273. The zero-order chi connectivity index (χ0) is 18.0. The lowest BCUT2D eigenvalue weighted by molar-refractivity contribution is -0.121. The zero-order valence-electron chi connectivity index (χ0n) is 14.1. The number of aromatic nitrogens is 3. The summed E-state index contributed by atoms with van der Waals surface area (Å²) < 4.78 is 0.906. The van der Waals surface area contributed by atoms with Gasteiger partial charge in [-0.1, -0.05) is 44.2 Å². The molecule has 3 N–H and O–H groups in total. The van der Waals surface area contributed by atoms with E-state index in [1.54, 1.807) is 6.20 Å². The van der Waals surface area contributed by atoms with E-state index in [2.05, 4.69) is 15.3 Å². The first kappa shape index (κ1) is 16.8. The number of carbonyl (C=O) groups is 1. The molecule has 7 nitrogen and oxygen atoms in total. The van der Waals surface area contributed by atoms with Gasteiger partial charge in [-0.05, 0) is 11.5 Å². The maximum Gasteiger partial charge on any atom is 0.329 e. The van der Waals surface area contributed by atoms with Gasteiger partial charge in [0.05, 0.1) is 5.52 Å². The summed E-state index contributed by atoms with van der Waals surface area (Å²) in [6.07, 6.45) is 1.68. The summed E-state index contributed by atoms with van der Waals surface area (Å²) in [5.41, 5.74) is 1.22. The topological polar surface area (TPSA) is 99.8 Å². The van der Waals surface area contributed by atoms with E-state index in [9.17, 15) is 14.4 Å². The molecule has 0 saturated carbocycles. The van der Waals surface area contributed by atoms with Gasteiger partial charge in [0.2, 0.25) is 5.91 Å². The molecule has 0 fully saturated rings. The average molecular weight is 340 g/mol. The molecule has 1 amide bonds. The number of benzene rings is 1. The summed E-state index contributed by atoms with van der Waals surface area (Å²) >= 11 is 0. The normalized spacial score (nSPS) is 11.2. The maximum absolute atomic E-state index is 12.6. The Labute approximate surface area is 143 Å². The summed E-state index contributed by atoms with van der Waals surface area (Å²) in [6, 6.07) is 9.45. The Kier molecular flexibility index (Phi) is 4.56. The van der Waals surface area contributed by atoms with Crippen LogP contribution in [0.5, 0.6) is 0 Å². The Morgan fingerprint density at radius 1 is 1.16 bits per heavy atom. The molecular weight excluding hydrogens is 320 g/mol. The Bertz CT molecular complexity index is 1010. The number of nitrogens with one attached hydrogen (secondary N) is 3. The molecule has 0 aliphatic carbocycles. The summed E-state index contributed by atoms with van der Waals surface area (Å²) in [6.45, 7) is 4.12. The molecule has 0 radical (unpaired) electrons. The predicted molar refractivity (Wildman–Crippen MR) is 96.5 cm³/mol. The molecule has 0 saturated heterocycles. The second kappa shape index (κ2) is 6.80. The molecule has 0 aliphatic rings. The van der Waals surface area contributed by atoms with Crippen molar-refractivity contribution in [2.24, 2.45) is 5.92 Å². The fourth-order valence-electron chi connectivity index (χ4n) is 2.63. The van der Waals surface area contributed by atoms with Crippen LogP contribution in [-0.4, -0.2) is 27.0 Å². The third kappa shape index (κ3) is 3.40. The first-order chi connectivity index (χ1) is 12.0. The van der Waals surface area contributed by atoms with Crippen LogP contribution in [0.25, 0.3) is 22.2 Å². The molecular formula is C18H20N4O3. The van der Waals surface area contributed by atoms with Crippen molar-refractivity contribution < 1.29 is 4.79 Å². The zero-order valence-corrected chi connectivity index (χ0v) is 14.1. The van der Waals surface area contributed by atoms with Crippen LogP contribution in [0.1, 0.15) is 13.8 Å². The van der Waals surface area contributed by atoms with Gasteiger partial charge in [0.1, 0.15) is 12.1 Å². The van der Waals surface area contributed by atoms with E-state index in [0.717, 1.165) is 15.7 Å². The Hall–Kier alpha value is -3.09. The van der Waals surface area contributed by atoms with E-state index in [1.165, 1.54) is 0 Å². The van der Waals surface area contributed by atoms with Crippen molar-refractivity contribution in [1.29, 1.82) is 0 Å². The molecule has 2 aromatic heterocycles. The first-order valence-corrected chi connectivity index (χ1v) is 8.13. The molecule has 0 bridgehead atoms. The third-order valence-corrected chi connectivity index (χ3v) is 3.91. The summed E-state index contributed by atoms with van der Waals surface area (Å²) in [7, 11) is 0. The van der Waals surface area contributed by atoms with Crippen LogP contribution in [0.4, 0.5) is 0 Å². The molecule has 130 valence electrons. The number of carbonyl (C=O) groups excluding carboxylic acids is 1. The summed E-state index contributed by atoms with van der Waals surface area (Å²) in [4.78, 5) is 42.5. The SMILES string of the molecule is CC(C)CNC(=O)Cn1c(=O)[nH]c2c(-c3ccccc3)c[nH]c2c1=O. The van der Waals surface area contributed by atoms with E-state index in [0.29, 0.717) is 18.0 Å². The fraction of sp³-hybridized carbons (Fsp3) is 0.278. The number of amides is 1. The maximum atomic E-state index is 12.6. The lowest BCUT2D eigenvalue weighted by atomic mass is 10.1. The second-order valence-corrected chi connectivity index (χ2v) is 6.34. The van der Waals surface area contributed by atoms with E-state index in [4.69, 9.17) is 0 Å². The van der Waals surface area contributed by atoms with Crippen molar-refractivity contribution in [3.63, 3.8) is 0 Å². The lowest BCUT2D eigenvalue weighted by Gasteiger charge is -2.08. The smallest absolute Gasteiger partial charge is 0.329 e. The van der Waals surface area contributed by atoms with Crippen LogP contribution in [-0.2, 0) is 11.3 Å². The number of hydrogen-bond acceptors (Lipinski definition) is 3. The van der Waals surface area contributed by atoms with Gasteiger partial charge in [-0.3, -0.25) is 9.59 Å². The van der Waals surface area contributed by atoms with Crippen molar-refractivity contribution in [3.05, 3.63) is 57.4 Å². The lowest BCUT2D eigenvalue weighted by Crippen LogP contribution is -2.41. The van der Waals surface area contributed by atoms with Crippen LogP contribution in [0.2, 0.25) is 0 Å². The fourth-order valence-corrected chi connectivity index (χ4v) is 2.63. The monoisotopic (exact) mass is 340 g/mol. The van der Waals surface area contributed by atoms with Crippen molar-refractivity contribution in [1.82, 2.24) is 19.9 Å². The molecule has 0 spiro atoms. The molecule has 1 aromatic carbocycles. The highest BCUT2D eigenvalue weighted by Gasteiger charge is 2.15. The van der Waals surface area contributed by atoms with Crippen molar-refractivity contribution >= 4 is 16.9 Å². The predicted octanol–water partition coefficient (Wildman–Crippen LogP) is 1.46. The summed E-state index contributed by atoms with van der Waals surface area (Å²) in [5, 5.41) is 2.70. The van der Waals surface area contributed by atoms with Crippen molar-refractivity contribution in [3.8, 4) is 11.1 Å². The molecule has 2 heterocycles. The number of rotatable bonds is 5. The number of H-pyrrole nitrogens is 2. The van der Waals surface area contributed by atoms with Crippen LogP contribution >= 0.6 is 0 Å². The Morgan fingerprint density at radius 2 is 1.88 bits per heavy atom. The van der Waals surface area contributed by atoms with Gasteiger partial charge in [-0.25, -0.2) is 9.36 Å².